The number of rotatable bonds is 6. The number of fused-ring (bicyclic) bond motifs is 1. The van der Waals surface area contributed by atoms with Crippen molar-refractivity contribution in [2.75, 3.05) is 13.7 Å². The number of nitrogens with one attached hydrogen (secondary N) is 2. The monoisotopic (exact) mass is 337 g/mol. The molecule has 0 saturated carbocycles. The summed E-state index contributed by atoms with van der Waals surface area (Å²) in [7, 11) is 1.31. The fourth-order valence-corrected chi connectivity index (χ4v) is 2.59. The Hall–Kier alpha value is -3.15. The maximum absolute atomic E-state index is 12.2. The first-order valence-corrected chi connectivity index (χ1v) is 8.07. The molecule has 0 aliphatic rings. The van der Waals surface area contributed by atoms with Crippen LogP contribution in [0.3, 0.4) is 0 Å². The number of ether oxygens (including phenoxy) is 1. The lowest BCUT2D eigenvalue weighted by molar-refractivity contribution is 0.0600. The van der Waals surface area contributed by atoms with Crippen molar-refractivity contribution < 1.29 is 14.3 Å². The number of carbonyl (C=O) groups excluding carboxylic acids is 2. The van der Waals surface area contributed by atoms with E-state index in [9.17, 15) is 9.59 Å². The Balaban J connectivity index is 1.51. The van der Waals surface area contributed by atoms with E-state index in [0.29, 0.717) is 17.7 Å². The molecule has 128 valence electrons. The van der Waals surface area contributed by atoms with Gasteiger partial charge in [-0.15, -0.1) is 0 Å². The molecule has 0 fully saturated rings. The van der Waals surface area contributed by atoms with Crippen molar-refractivity contribution in [1.82, 2.24) is 15.3 Å². The van der Waals surface area contributed by atoms with Crippen molar-refractivity contribution in [3.8, 4) is 0 Å². The lowest BCUT2D eigenvalue weighted by Crippen LogP contribution is -2.25. The topological polar surface area (TPSA) is 84.1 Å². The second-order valence-corrected chi connectivity index (χ2v) is 5.63. The normalized spacial score (nSPS) is 10.6. The molecule has 0 saturated heterocycles. The lowest BCUT2D eigenvalue weighted by atomic mass is 10.1. The second-order valence-electron chi connectivity index (χ2n) is 5.63. The Kier molecular flexibility index (Phi) is 5.09. The Morgan fingerprint density at radius 2 is 1.92 bits per heavy atom. The van der Waals surface area contributed by atoms with Gasteiger partial charge in [0.05, 0.1) is 23.7 Å². The molecule has 6 nitrogen and oxygen atoms in total. The number of esters is 1. The number of carbonyl (C=O) groups is 2. The van der Waals surface area contributed by atoms with Crippen molar-refractivity contribution in [3.05, 3.63) is 65.5 Å². The summed E-state index contributed by atoms with van der Waals surface area (Å²) in [4.78, 5) is 31.5. The number of aromatic nitrogens is 2. The van der Waals surface area contributed by atoms with Crippen molar-refractivity contribution in [2.45, 2.75) is 12.8 Å². The molecule has 6 heteroatoms. The molecule has 25 heavy (non-hydrogen) atoms. The van der Waals surface area contributed by atoms with E-state index in [0.717, 1.165) is 29.7 Å². The second kappa shape index (κ2) is 7.61. The number of methoxy groups -OCH3 is 1. The zero-order valence-corrected chi connectivity index (χ0v) is 13.9. The van der Waals surface area contributed by atoms with Gasteiger partial charge < -0.3 is 15.0 Å². The number of amides is 1. The minimum Gasteiger partial charge on any atom is -0.465 e. The molecule has 0 radical (unpaired) electrons. The molecular weight excluding hydrogens is 318 g/mol. The molecule has 3 aromatic rings. The van der Waals surface area contributed by atoms with Gasteiger partial charge in [0.1, 0.15) is 5.82 Å². The van der Waals surface area contributed by atoms with E-state index >= 15 is 0 Å². The van der Waals surface area contributed by atoms with E-state index in [2.05, 4.69) is 20.0 Å². The highest BCUT2D eigenvalue weighted by atomic mass is 16.5. The minimum absolute atomic E-state index is 0.213. The SMILES string of the molecule is COC(=O)c1cccc(C(=O)NCCCc2nc3ccccc3[nH]2)c1. The van der Waals surface area contributed by atoms with Gasteiger partial charge >= 0.3 is 5.97 Å². The highest BCUT2D eigenvalue weighted by molar-refractivity contribution is 5.97. The molecule has 1 amide bonds. The summed E-state index contributed by atoms with van der Waals surface area (Å²) in [5.74, 6) is 0.234. The van der Waals surface area contributed by atoms with Gasteiger partial charge in [-0.3, -0.25) is 4.79 Å². The Bertz CT molecular complexity index is 869. The molecular formula is C19H19N3O3. The highest BCUT2D eigenvalue weighted by Gasteiger charge is 2.10. The molecule has 0 unspecified atom stereocenters. The molecule has 2 N–H and O–H groups in total. The van der Waals surface area contributed by atoms with Crippen LogP contribution in [0.4, 0.5) is 0 Å². The van der Waals surface area contributed by atoms with Crippen molar-refractivity contribution in [2.24, 2.45) is 0 Å². The number of imidazole rings is 1. The van der Waals surface area contributed by atoms with Crippen LogP contribution in [0.25, 0.3) is 11.0 Å². The molecule has 0 spiro atoms. The maximum atomic E-state index is 12.2. The van der Waals surface area contributed by atoms with Crippen LogP contribution in [0.5, 0.6) is 0 Å². The lowest BCUT2D eigenvalue weighted by Gasteiger charge is -2.06. The summed E-state index contributed by atoms with van der Waals surface area (Å²) in [6, 6.07) is 14.3. The van der Waals surface area contributed by atoms with E-state index in [1.54, 1.807) is 18.2 Å². The molecule has 1 aromatic heterocycles. The average molecular weight is 337 g/mol. The van der Waals surface area contributed by atoms with Crippen molar-refractivity contribution in [1.29, 1.82) is 0 Å². The largest absolute Gasteiger partial charge is 0.465 e. The van der Waals surface area contributed by atoms with Gasteiger partial charge in [-0.05, 0) is 36.8 Å². The zero-order valence-electron chi connectivity index (χ0n) is 13.9. The van der Waals surface area contributed by atoms with Gasteiger partial charge in [-0.1, -0.05) is 18.2 Å². The van der Waals surface area contributed by atoms with Gasteiger partial charge in [0, 0.05) is 18.5 Å². The molecule has 3 rings (SSSR count). The number of benzene rings is 2. The summed E-state index contributed by atoms with van der Waals surface area (Å²) < 4.78 is 4.66. The number of H-pyrrole nitrogens is 1. The smallest absolute Gasteiger partial charge is 0.337 e. The van der Waals surface area contributed by atoms with Crippen molar-refractivity contribution in [3.63, 3.8) is 0 Å². The molecule has 0 atom stereocenters. The minimum atomic E-state index is -0.459. The van der Waals surface area contributed by atoms with Crippen LogP contribution in [0.15, 0.2) is 48.5 Å². The fraction of sp³-hybridized carbons (Fsp3) is 0.211. The van der Waals surface area contributed by atoms with Crippen LogP contribution in [-0.2, 0) is 11.2 Å². The third kappa shape index (κ3) is 4.03. The first-order valence-electron chi connectivity index (χ1n) is 8.07. The first kappa shape index (κ1) is 16.7. The predicted octanol–water partition coefficient (Wildman–Crippen LogP) is 2.71. The van der Waals surface area contributed by atoms with E-state index in [-0.39, 0.29) is 5.91 Å². The first-order chi connectivity index (χ1) is 12.2. The molecule has 2 aromatic carbocycles. The summed E-state index contributed by atoms with van der Waals surface area (Å²) in [6.07, 6.45) is 1.51. The summed E-state index contributed by atoms with van der Waals surface area (Å²) in [5.41, 5.74) is 2.76. The molecule has 0 aliphatic carbocycles. The fourth-order valence-electron chi connectivity index (χ4n) is 2.59. The average Bonchev–Trinajstić information content (AvgIpc) is 3.07. The summed E-state index contributed by atoms with van der Waals surface area (Å²) in [6.45, 7) is 0.526. The third-order valence-corrected chi connectivity index (χ3v) is 3.86. The third-order valence-electron chi connectivity index (χ3n) is 3.86. The number of aromatic amines is 1. The summed E-state index contributed by atoms with van der Waals surface area (Å²) >= 11 is 0. The van der Waals surface area contributed by atoms with Crippen LogP contribution in [0, 0.1) is 0 Å². The van der Waals surface area contributed by atoms with E-state index < -0.39 is 5.97 Å². The Labute approximate surface area is 145 Å². The number of hydrogen-bond acceptors (Lipinski definition) is 4. The highest BCUT2D eigenvalue weighted by Crippen LogP contribution is 2.11. The van der Waals surface area contributed by atoms with Crippen LogP contribution in [0.2, 0.25) is 0 Å². The van der Waals surface area contributed by atoms with Gasteiger partial charge in [0.2, 0.25) is 0 Å². The number of nitrogens with zero attached hydrogens (tertiary/aromatic N) is 1. The predicted molar refractivity (Wildman–Crippen MR) is 94.5 cm³/mol. The quantitative estimate of drug-likeness (QED) is 0.535. The Morgan fingerprint density at radius 3 is 2.72 bits per heavy atom. The molecule has 1 heterocycles. The van der Waals surface area contributed by atoms with Crippen LogP contribution in [-0.4, -0.2) is 35.5 Å². The van der Waals surface area contributed by atoms with Gasteiger partial charge in [-0.25, -0.2) is 9.78 Å². The molecule has 0 bridgehead atoms. The number of hydrogen-bond donors (Lipinski definition) is 2. The Morgan fingerprint density at radius 1 is 1.12 bits per heavy atom. The maximum Gasteiger partial charge on any atom is 0.337 e. The zero-order chi connectivity index (χ0) is 17.6. The number of aryl methyl sites for hydroxylation is 1. The van der Waals surface area contributed by atoms with E-state index in [1.165, 1.54) is 13.2 Å². The van der Waals surface area contributed by atoms with E-state index in [1.807, 2.05) is 24.3 Å². The van der Waals surface area contributed by atoms with Crippen molar-refractivity contribution >= 4 is 22.9 Å². The summed E-state index contributed by atoms with van der Waals surface area (Å²) in [5, 5.41) is 2.85. The van der Waals surface area contributed by atoms with E-state index in [4.69, 9.17) is 0 Å². The van der Waals surface area contributed by atoms with Gasteiger partial charge in [-0.2, -0.15) is 0 Å². The number of para-hydroxylation sites is 2. The van der Waals surface area contributed by atoms with Gasteiger partial charge in [0.15, 0.2) is 0 Å². The van der Waals surface area contributed by atoms with Crippen LogP contribution in [0.1, 0.15) is 33.0 Å². The van der Waals surface area contributed by atoms with Crippen LogP contribution >= 0.6 is 0 Å². The van der Waals surface area contributed by atoms with Gasteiger partial charge in [0.25, 0.3) is 5.91 Å². The standard InChI is InChI=1S/C19H19N3O3/c1-25-19(24)14-7-4-6-13(12-14)18(23)20-11-5-10-17-21-15-8-2-3-9-16(15)22-17/h2-4,6-9,12H,5,10-11H2,1H3,(H,20,23)(H,21,22). The molecule has 0 aliphatic heterocycles. The van der Waals surface area contributed by atoms with Crippen LogP contribution < -0.4 is 5.32 Å².